The van der Waals surface area contributed by atoms with Crippen LogP contribution in [0.2, 0.25) is 0 Å². The highest BCUT2D eigenvalue weighted by Gasteiger charge is 2.20. The number of pyridine rings is 1. The van der Waals surface area contributed by atoms with Crippen LogP contribution in [0.15, 0.2) is 24.4 Å². The van der Waals surface area contributed by atoms with Gasteiger partial charge in [-0.3, -0.25) is 9.88 Å². The number of hydrogen-bond acceptors (Lipinski definition) is 5. The number of anilines is 1. The van der Waals surface area contributed by atoms with E-state index in [1.165, 1.54) is 25.8 Å². The Bertz CT molecular complexity index is 685. The zero-order valence-corrected chi connectivity index (χ0v) is 14.9. The first-order valence-electron chi connectivity index (χ1n) is 8.93. The van der Waals surface area contributed by atoms with Crippen LogP contribution in [0.4, 0.5) is 5.95 Å². The molecule has 0 unspecified atom stereocenters. The summed E-state index contributed by atoms with van der Waals surface area (Å²) in [5, 5.41) is 3.44. The van der Waals surface area contributed by atoms with E-state index in [1.807, 2.05) is 32.2 Å². The Morgan fingerprint density at radius 2 is 2.04 bits per heavy atom. The summed E-state index contributed by atoms with van der Waals surface area (Å²) in [6.07, 6.45) is 5.71. The molecule has 1 aliphatic rings. The van der Waals surface area contributed by atoms with Crippen molar-refractivity contribution in [3.63, 3.8) is 0 Å². The molecule has 0 aliphatic carbocycles. The van der Waals surface area contributed by atoms with Crippen LogP contribution in [0.5, 0.6) is 0 Å². The van der Waals surface area contributed by atoms with Gasteiger partial charge in [0.2, 0.25) is 5.95 Å². The van der Waals surface area contributed by atoms with Crippen molar-refractivity contribution in [2.45, 2.75) is 46.1 Å². The lowest BCUT2D eigenvalue weighted by atomic mass is 10.0. The van der Waals surface area contributed by atoms with Gasteiger partial charge in [-0.15, -0.1) is 0 Å². The van der Waals surface area contributed by atoms with Crippen LogP contribution >= 0.6 is 0 Å². The number of aryl methyl sites for hydroxylation is 2. The summed E-state index contributed by atoms with van der Waals surface area (Å²) in [6.45, 7) is 9.50. The van der Waals surface area contributed by atoms with Crippen LogP contribution < -0.4 is 5.32 Å². The average molecular weight is 325 g/mol. The fourth-order valence-electron chi connectivity index (χ4n) is 3.47. The number of piperidine rings is 1. The Morgan fingerprint density at radius 1 is 1.17 bits per heavy atom. The molecule has 0 radical (unpaired) electrons. The van der Waals surface area contributed by atoms with Crippen molar-refractivity contribution in [2.75, 3.05) is 25.0 Å². The van der Waals surface area contributed by atoms with Gasteiger partial charge in [-0.25, -0.2) is 9.97 Å². The van der Waals surface area contributed by atoms with Crippen molar-refractivity contribution >= 4 is 5.95 Å². The Hall–Kier alpha value is -2.01. The molecule has 128 valence electrons. The molecule has 5 heteroatoms. The van der Waals surface area contributed by atoms with Crippen LogP contribution in [0.1, 0.15) is 37.6 Å². The predicted molar refractivity (Wildman–Crippen MR) is 98.1 cm³/mol. The monoisotopic (exact) mass is 325 g/mol. The summed E-state index contributed by atoms with van der Waals surface area (Å²) >= 11 is 0. The zero-order valence-electron chi connectivity index (χ0n) is 14.9. The van der Waals surface area contributed by atoms with Gasteiger partial charge in [0.05, 0.1) is 5.69 Å². The highest BCUT2D eigenvalue weighted by molar-refractivity contribution is 5.62. The van der Waals surface area contributed by atoms with Crippen LogP contribution in [0.25, 0.3) is 11.3 Å². The van der Waals surface area contributed by atoms with Crippen LogP contribution in [-0.4, -0.2) is 45.5 Å². The fourth-order valence-corrected chi connectivity index (χ4v) is 3.47. The molecule has 1 N–H and O–H groups in total. The smallest absolute Gasteiger partial charge is 0.223 e. The van der Waals surface area contributed by atoms with Crippen molar-refractivity contribution in [1.82, 2.24) is 19.9 Å². The topological polar surface area (TPSA) is 53.9 Å². The van der Waals surface area contributed by atoms with E-state index < -0.39 is 0 Å². The molecule has 1 fully saturated rings. The van der Waals surface area contributed by atoms with Gasteiger partial charge < -0.3 is 5.32 Å². The lowest BCUT2D eigenvalue weighted by Crippen LogP contribution is -2.43. The molecular weight excluding hydrogens is 298 g/mol. The molecule has 3 rings (SSSR count). The summed E-state index contributed by atoms with van der Waals surface area (Å²) in [5.74, 6) is 0.703. The molecule has 2 aromatic rings. The minimum absolute atomic E-state index is 0.582. The van der Waals surface area contributed by atoms with E-state index in [4.69, 9.17) is 0 Å². The van der Waals surface area contributed by atoms with Gasteiger partial charge in [-0.05, 0) is 58.0 Å². The second-order valence-electron chi connectivity index (χ2n) is 6.51. The van der Waals surface area contributed by atoms with E-state index >= 15 is 0 Å². The van der Waals surface area contributed by atoms with Crippen LogP contribution in [-0.2, 0) is 0 Å². The predicted octanol–water partition coefficient (Wildman–Crippen LogP) is 3.44. The van der Waals surface area contributed by atoms with Gasteiger partial charge in [-0.2, -0.15) is 0 Å². The van der Waals surface area contributed by atoms with E-state index in [9.17, 15) is 0 Å². The van der Waals surface area contributed by atoms with Gasteiger partial charge in [-0.1, -0.05) is 13.3 Å². The normalized spacial score (nSPS) is 18.5. The van der Waals surface area contributed by atoms with Crippen molar-refractivity contribution < 1.29 is 0 Å². The van der Waals surface area contributed by atoms with Gasteiger partial charge >= 0.3 is 0 Å². The number of nitrogens with one attached hydrogen (secondary N) is 1. The first kappa shape index (κ1) is 16.8. The lowest BCUT2D eigenvalue weighted by Gasteiger charge is -2.34. The maximum atomic E-state index is 4.69. The average Bonchev–Trinajstić information content (AvgIpc) is 2.60. The Morgan fingerprint density at radius 3 is 2.83 bits per heavy atom. The van der Waals surface area contributed by atoms with Gasteiger partial charge in [0, 0.05) is 35.7 Å². The van der Waals surface area contributed by atoms with Gasteiger partial charge in [0.25, 0.3) is 0 Å². The zero-order chi connectivity index (χ0) is 16.9. The Labute approximate surface area is 144 Å². The minimum atomic E-state index is 0.582. The molecule has 1 aliphatic heterocycles. The molecule has 3 heterocycles. The van der Waals surface area contributed by atoms with E-state index in [1.54, 1.807) is 0 Å². The summed E-state index contributed by atoms with van der Waals surface area (Å²) in [4.78, 5) is 16.2. The van der Waals surface area contributed by atoms with Gasteiger partial charge in [0.15, 0.2) is 0 Å². The molecule has 5 nitrogen and oxygen atoms in total. The first-order valence-corrected chi connectivity index (χ1v) is 8.93. The molecule has 1 saturated heterocycles. The van der Waals surface area contributed by atoms with Crippen molar-refractivity contribution in [3.05, 3.63) is 35.8 Å². The van der Waals surface area contributed by atoms with Crippen LogP contribution in [0.3, 0.4) is 0 Å². The van der Waals surface area contributed by atoms with Crippen molar-refractivity contribution in [1.29, 1.82) is 0 Å². The fraction of sp³-hybridized carbons (Fsp3) is 0.526. The summed E-state index contributed by atoms with van der Waals surface area (Å²) < 4.78 is 0. The molecular formula is C19H27N5. The molecule has 0 spiro atoms. The largest absolute Gasteiger partial charge is 0.353 e. The molecule has 24 heavy (non-hydrogen) atoms. The number of likely N-dealkylation sites (N-methyl/N-ethyl adjacent to an activating group) is 1. The Kier molecular flexibility index (Phi) is 5.41. The number of aromatic nitrogens is 3. The third-order valence-electron chi connectivity index (χ3n) is 4.81. The van der Waals surface area contributed by atoms with E-state index in [2.05, 4.69) is 38.2 Å². The van der Waals surface area contributed by atoms with E-state index in [0.29, 0.717) is 12.0 Å². The summed E-state index contributed by atoms with van der Waals surface area (Å²) in [7, 11) is 0. The second-order valence-corrected chi connectivity index (χ2v) is 6.51. The Balaban J connectivity index is 1.71. The maximum absolute atomic E-state index is 4.69. The quantitative estimate of drug-likeness (QED) is 0.912. The van der Waals surface area contributed by atoms with Crippen molar-refractivity contribution in [2.24, 2.45) is 0 Å². The second kappa shape index (κ2) is 7.71. The molecule has 0 saturated carbocycles. The maximum Gasteiger partial charge on any atom is 0.223 e. The summed E-state index contributed by atoms with van der Waals surface area (Å²) in [5.41, 5.74) is 4.03. The third kappa shape index (κ3) is 3.90. The SMILES string of the molecule is CCN1CCCC[C@H]1CNc1nccc(-c2ccc(C)nc2C)n1. The molecule has 2 aromatic heterocycles. The molecule has 0 amide bonds. The number of rotatable bonds is 5. The number of nitrogens with zero attached hydrogens (tertiary/aromatic N) is 4. The molecule has 1 atom stereocenters. The summed E-state index contributed by atoms with van der Waals surface area (Å²) in [6, 6.07) is 6.64. The highest BCUT2D eigenvalue weighted by atomic mass is 15.2. The van der Waals surface area contributed by atoms with Crippen LogP contribution in [0, 0.1) is 13.8 Å². The molecule has 0 aromatic carbocycles. The number of hydrogen-bond donors (Lipinski definition) is 1. The van der Waals surface area contributed by atoms with E-state index in [-0.39, 0.29) is 0 Å². The lowest BCUT2D eigenvalue weighted by molar-refractivity contribution is 0.164. The number of likely N-dealkylation sites (tertiary alicyclic amines) is 1. The first-order chi connectivity index (χ1) is 11.7. The van der Waals surface area contributed by atoms with Gasteiger partial charge in [0.1, 0.15) is 0 Å². The minimum Gasteiger partial charge on any atom is -0.353 e. The van der Waals surface area contributed by atoms with E-state index in [0.717, 1.165) is 35.7 Å². The highest BCUT2D eigenvalue weighted by Crippen LogP contribution is 2.21. The standard InChI is InChI=1S/C19H27N5/c1-4-24-12-6-5-7-16(24)13-21-19-20-11-10-18(23-19)17-9-8-14(2)22-15(17)3/h8-11,16H,4-7,12-13H2,1-3H3,(H,20,21,23)/t16-/m0/s1. The molecule has 0 bridgehead atoms. The van der Waals surface area contributed by atoms with Crippen molar-refractivity contribution in [3.8, 4) is 11.3 Å². The third-order valence-corrected chi connectivity index (χ3v) is 4.81.